The quantitative estimate of drug-likeness (QED) is 0.478. The van der Waals surface area contributed by atoms with Crippen LogP contribution >= 0.6 is 0 Å². The van der Waals surface area contributed by atoms with E-state index in [0.29, 0.717) is 27.6 Å². The highest BCUT2D eigenvalue weighted by Gasteiger charge is 2.24. The van der Waals surface area contributed by atoms with Crippen LogP contribution < -0.4 is 11.3 Å². The number of hydrogen-bond acceptors (Lipinski definition) is 5. The summed E-state index contributed by atoms with van der Waals surface area (Å²) in [6, 6.07) is 7.21. The summed E-state index contributed by atoms with van der Waals surface area (Å²) in [5.41, 5.74) is 7.99. The maximum absolute atomic E-state index is 12.6. The van der Waals surface area contributed by atoms with Crippen molar-refractivity contribution < 1.29 is 14.3 Å². The predicted molar refractivity (Wildman–Crippen MR) is 98.9 cm³/mol. The molecular formula is C19H22N2O4. The van der Waals surface area contributed by atoms with Gasteiger partial charge in [0.2, 0.25) is 0 Å². The first-order valence-corrected chi connectivity index (χ1v) is 7.82. The zero-order valence-electron chi connectivity index (χ0n) is 14.6. The van der Waals surface area contributed by atoms with E-state index in [2.05, 4.69) is 11.6 Å². The van der Waals surface area contributed by atoms with Crippen LogP contribution in [0.25, 0.3) is 22.0 Å². The van der Waals surface area contributed by atoms with Gasteiger partial charge in [0.05, 0.1) is 17.7 Å². The Balaban J connectivity index is 2.77. The van der Waals surface area contributed by atoms with Gasteiger partial charge in [-0.1, -0.05) is 24.8 Å². The summed E-state index contributed by atoms with van der Waals surface area (Å²) in [7, 11) is 1.52. The Morgan fingerprint density at radius 2 is 1.88 bits per heavy atom. The zero-order valence-corrected chi connectivity index (χ0v) is 14.6. The van der Waals surface area contributed by atoms with E-state index >= 15 is 0 Å². The molecule has 3 N–H and O–H groups in total. The summed E-state index contributed by atoms with van der Waals surface area (Å²) in [6.07, 6.45) is 0. The summed E-state index contributed by atoms with van der Waals surface area (Å²) >= 11 is 0. The number of para-hydroxylation sites is 1. The van der Waals surface area contributed by atoms with Crippen molar-refractivity contribution in [3.05, 3.63) is 58.0 Å². The summed E-state index contributed by atoms with van der Waals surface area (Å²) in [5, 5.41) is 0.698. The van der Waals surface area contributed by atoms with E-state index in [4.69, 9.17) is 15.2 Å². The van der Waals surface area contributed by atoms with Crippen molar-refractivity contribution in [3.8, 4) is 0 Å². The minimum Gasteiger partial charge on any atom is -0.460 e. The molecule has 0 atom stereocenters. The third kappa shape index (κ3) is 3.80. The standard InChI is InChI=1S/C19H22N2O4/c1-11(2)15-17(13-7-5-6-8-14(13)21-18(15)22)16(12(3)20)19(23)25-10-9-24-4/h5-8H,1,9-10,20H2,2-4H3,(H,21,22)/b16-12+. The number of nitrogens with one attached hydrogen (secondary N) is 1. The van der Waals surface area contributed by atoms with E-state index in [1.54, 1.807) is 26.0 Å². The van der Waals surface area contributed by atoms with Gasteiger partial charge < -0.3 is 20.2 Å². The number of esters is 1. The Kier molecular flexibility index (Phi) is 5.77. The van der Waals surface area contributed by atoms with Crippen molar-refractivity contribution in [1.82, 2.24) is 4.98 Å². The number of aromatic amines is 1. The summed E-state index contributed by atoms with van der Waals surface area (Å²) in [6.45, 7) is 7.55. The first kappa shape index (κ1) is 18.5. The summed E-state index contributed by atoms with van der Waals surface area (Å²) in [5.74, 6) is -0.602. The lowest BCUT2D eigenvalue weighted by atomic mass is 9.92. The number of carbonyl (C=O) groups excluding carboxylic acids is 1. The van der Waals surface area contributed by atoms with Crippen molar-refractivity contribution in [1.29, 1.82) is 0 Å². The molecule has 2 aromatic rings. The van der Waals surface area contributed by atoms with Crippen molar-refractivity contribution in [3.63, 3.8) is 0 Å². The van der Waals surface area contributed by atoms with Crippen molar-refractivity contribution in [2.24, 2.45) is 5.73 Å². The van der Waals surface area contributed by atoms with E-state index in [1.165, 1.54) is 7.11 Å². The first-order valence-electron chi connectivity index (χ1n) is 7.82. The monoisotopic (exact) mass is 342 g/mol. The van der Waals surface area contributed by atoms with Crippen LogP contribution in [-0.2, 0) is 14.3 Å². The van der Waals surface area contributed by atoms with E-state index in [9.17, 15) is 9.59 Å². The summed E-state index contributed by atoms with van der Waals surface area (Å²) < 4.78 is 10.1. The molecule has 1 aromatic carbocycles. The smallest absolute Gasteiger partial charge is 0.340 e. The van der Waals surface area contributed by atoms with Crippen LogP contribution in [0.4, 0.5) is 0 Å². The van der Waals surface area contributed by atoms with Crippen LogP contribution in [0.15, 0.2) is 41.3 Å². The molecule has 0 saturated carbocycles. The van der Waals surface area contributed by atoms with Gasteiger partial charge in [-0.3, -0.25) is 4.79 Å². The molecule has 0 saturated heterocycles. The molecule has 0 unspecified atom stereocenters. The van der Waals surface area contributed by atoms with Crippen LogP contribution in [0.5, 0.6) is 0 Å². The predicted octanol–water partition coefficient (Wildman–Crippen LogP) is 2.44. The van der Waals surface area contributed by atoms with Crippen molar-refractivity contribution in [2.75, 3.05) is 20.3 Å². The Labute approximate surface area is 145 Å². The molecule has 0 spiro atoms. The number of pyridine rings is 1. The highest BCUT2D eigenvalue weighted by atomic mass is 16.6. The molecule has 0 amide bonds. The number of methoxy groups -OCH3 is 1. The average molecular weight is 342 g/mol. The van der Waals surface area contributed by atoms with Crippen LogP contribution in [0, 0.1) is 0 Å². The normalized spacial score (nSPS) is 12.0. The second kappa shape index (κ2) is 7.81. The van der Waals surface area contributed by atoms with Gasteiger partial charge in [-0.2, -0.15) is 0 Å². The van der Waals surface area contributed by atoms with Gasteiger partial charge in [0, 0.05) is 29.3 Å². The van der Waals surface area contributed by atoms with Crippen LogP contribution in [-0.4, -0.2) is 31.3 Å². The number of nitrogens with two attached hydrogens (primary N) is 1. The van der Waals surface area contributed by atoms with Gasteiger partial charge in [0.25, 0.3) is 5.56 Å². The molecular weight excluding hydrogens is 320 g/mol. The number of carbonyl (C=O) groups is 1. The van der Waals surface area contributed by atoms with Crippen LogP contribution in [0.3, 0.4) is 0 Å². The molecule has 6 nitrogen and oxygen atoms in total. The van der Waals surface area contributed by atoms with Gasteiger partial charge in [-0.05, 0) is 25.5 Å². The third-order valence-corrected chi connectivity index (χ3v) is 3.72. The number of allylic oxidation sites excluding steroid dienone is 2. The zero-order chi connectivity index (χ0) is 18.6. The fraction of sp³-hybridized carbons (Fsp3) is 0.263. The Hall–Kier alpha value is -2.86. The van der Waals surface area contributed by atoms with Gasteiger partial charge in [0.1, 0.15) is 6.61 Å². The van der Waals surface area contributed by atoms with Gasteiger partial charge >= 0.3 is 5.97 Å². The van der Waals surface area contributed by atoms with Crippen LogP contribution in [0.2, 0.25) is 0 Å². The van der Waals surface area contributed by atoms with Gasteiger partial charge in [0.15, 0.2) is 0 Å². The lowest BCUT2D eigenvalue weighted by Gasteiger charge is -2.16. The molecule has 2 rings (SSSR count). The second-order valence-electron chi connectivity index (χ2n) is 5.72. The molecule has 0 aliphatic carbocycles. The number of aromatic nitrogens is 1. The Morgan fingerprint density at radius 1 is 1.20 bits per heavy atom. The van der Waals surface area contributed by atoms with E-state index in [1.807, 2.05) is 12.1 Å². The molecule has 25 heavy (non-hydrogen) atoms. The molecule has 1 aromatic heterocycles. The van der Waals surface area contributed by atoms with Crippen LogP contribution in [0.1, 0.15) is 25.0 Å². The maximum atomic E-state index is 12.6. The molecule has 0 bridgehead atoms. The maximum Gasteiger partial charge on any atom is 0.340 e. The third-order valence-electron chi connectivity index (χ3n) is 3.72. The molecule has 1 heterocycles. The topological polar surface area (TPSA) is 94.4 Å². The highest BCUT2D eigenvalue weighted by Crippen LogP contribution is 2.30. The number of H-pyrrole nitrogens is 1. The molecule has 0 fully saturated rings. The molecule has 0 radical (unpaired) electrons. The Morgan fingerprint density at radius 3 is 2.48 bits per heavy atom. The number of rotatable bonds is 6. The number of benzene rings is 1. The van der Waals surface area contributed by atoms with Gasteiger partial charge in [-0.25, -0.2) is 4.79 Å². The Bertz CT molecular complexity index is 905. The highest BCUT2D eigenvalue weighted by molar-refractivity contribution is 6.22. The minimum atomic E-state index is -0.602. The second-order valence-corrected chi connectivity index (χ2v) is 5.72. The number of hydrogen-bond donors (Lipinski definition) is 2. The van der Waals surface area contributed by atoms with E-state index in [-0.39, 0.29) is 30.0 Å². The lowest BCUT2D eigenvalue weighted by molar-refractivity contribution is -0.137. The SMILES string of the molecule is C=C(C)c1c(/C(C(=O)OCCOC)=C(/C)N)c2ccccc2[nH]c1=O. The lowest BCUT2D eigenvalue weighted by Crippen LogP contribution is -2.20. The van der Waals surface area contributed by atoms with E-state index < -0.39 is 5.97 Å². The molecule has 6 heteroatoms. The van der Waals surface area contributed by atoms with Crippen molar-refractivity contribution in [2.45, 2.75) is 13.8 Å². The number of ether oxygens (including phenoxy) is 2. The van der Waals surface area contributed by atoms with Crippen molar-refractivity contribution >= 4 is 28.0 Å². The molecule has 0 aliphatic heterocycles. The van der Waals surface area contributed by atoms with Gasteiger partial charge in [-0.15, -0.1) is 0 Å². The van der Waals surface area contributed by atoms with E-state index in [0.717, 1.165) is 0 Å². The summed E-state index contributed by atoms with van der Waals surface area (Å²) in [4.78, 5) is 28.0. The minimum absolute atomic E-state index is 0.0929. The first-order chi connectivity index (χ1) is 11.9. The molecule has 132 valence electrons. The number of fused-ring (bicyclic) bond motifs is 1. The fourth-order valence-corrected chi connectivity index (χ4v) is 2.66. The molecule has 0 aliphatic rings. The average Bonchev–Trinajstić information content (AvgIpc) is 2.54. The fourth-order valence-electron chi connectivity index (χ4n) is 2.66. The largest absolute Gasteiger partial charge is 0.460 e.